The summed E-state index contributed by atoms with van der Waals surface area (Å²) in [6.07, 6.45) is 0.346. The van der Waals surface area contributed by atoms with Crippen LogP contribution in [0.15, 0.2) is 23.1 Å². The first-order valence-electron chi connectivity index (χ1n) is 9.53. The summed E-state index contributed by atoms with van der Waals surface area (Å²) in [5.74, 6) is 0.497. The molecule has 2 heterocycles. The Kier molecular flexibility index (Phi) is 4.63. The highest BCUT2D eigenvalue weighted by molar-refractivity contribution is 7.89. The molecular weight excluding hydrogens is 439 g/mol. The summed E-state index contributed by atoms with van der Waals surface area (Å²) in [6, 6.07) is 4.55. The summed E-state index contributed by atoms with van der Waals surface area (Å²) in [4.78, 5) is -0.0273. The molecule has 3 aromatic rings. The van der Waals surface area contributed by atoms with E-state index in [-0.39, 0.29) is 9.90 Å². The summed E-state index contributed by atoms with van der Waals surface area (Å²) in [5.41, 5.74) is -0.00645. The average Bonchev–Trinajstić information content (AvgIpc) is 3.59. The fourth-order valence-electron chi connectivity index (χ4n) is 3.34. The molecule has 0 unspecified atom stereocenters. The second-order valence-electron chi connectivity index (χ2n) is 7.92. The molecule has 0 atom stereocenters. The number of hydrogen-bond acceptors (Lipinski definition) is 6. The number of aromatic nitrogens is 4. The first-order chi connectivity index (χ1) is 14.3. The van der Waals surface area contributed by atoms with E-state index in [2.05, 4.69) is 20.0 Å². The summed E-state index contributed by atoms with van der Waals surface area (Å²) in [6.45, 7) is -0.105. The maximum absolute atomic E-state index is 13.2. The molecule has 2 saturated carbocycles. The molecule has 1 aromatic carbocycles. The average molecular weight is 458 g/mol. The van der Waals surface area contributed by atoms with Crippen LogP contribution in [0.4, 0.5) is 13.2 Å². The Labute approximate surface area is 174 Å². The highest BCUT2D eigenvalue weighted by Gasteiger charge is 2.46. The summed E-state index contributed by atoms with van der Waals surface area (Å²) < 4.78 is 69.0. The third-order valence-corrected chi connectivity index (χ3v) is 7.96. The number of nitrogens with zero attached hydrogens (tertiary/aromatic N) is 4. The zero-order valence-electron chi connectivity index (χ0n) is 15.7. The van der Waals surface area contributed by atoms with E-state index >= 15 is 0 Å². The van der Waals surface area contributed by atoms with Gasteiger partial charge in [-0.25, -0.2) is 26.3 Å². The Hall–Kier alpha value is -2.05. The second-order valence-corrected chi connectivity index (χ2v) is 10.6. The third kappa shape index (κ3) is 3.60. The van der Waals surface area contributed by atoms with Crippen molar-refractivity contribution in [1.29, 1.82) is 0 Å². The van der Waals surface area contributed by atoms with E-state index in [0.717, 1.165) is 24.2 Å². The number of alkyl halides is 3. The molecule has 0 bridgehead atoms. The maximum Gasteiger partial charge on any atom is 0.291 e. The zero-order chi connectivity index (χ0) is 21.1. The lowest BCUT2D eigenvalue weighted by Gasteiger charge is -2.14. The van der Waals surface area contributed by atoms with Gasteiger partial charge in [-0.05, 0) is 49.8 Å². The minimum Gasteiger partial charge on any atom is -0.264 e. The minimum absolute atomic E-state index is 0.0273. The first kappa shape index (κ1) is 19.9. The summed E-state index contributed by atoms with van der Waals surface area (Å²) in [7, 11) is -3.95. The predicted molar refractivity (Wildman–Crippen MR) is 105 cm³/mol. The molecule has 0 radical (unpaired) electrons. The van der Waals surface area contributed by atoms with Gasteiger partial charge in [-0.1, -0.05) is 11.3 Å². The molecule has 0 spiro atoms. The standard InChI is InChI=1S/C18H18F3N5O2S2/c19-9-18(5-6-18)25-30(27,28)11-3-4-13-12(7-11)14(24-26(13)8-10-1-2-10)16-22-23-17(29-16)15(20)21/h3-4,7,10,15,25H,1-2,5-6,8-9H2. The molecule has 0 saturated heterocycles. The molecule has 2 aliphatic rings. The van der Waals surface area contributed by atoms with E-state index in [1.54, 1.807) is 10.7 Å². The Morgan fingerprint density at radius 2 is 2.03 bits per heavy atom. The number of halogens is 3. The molecule has 2 aromatic heterocycles. The Balaban J connectivity index is 1.60. The van der Waals surface area contributed by atoms with Crippen LogP contribution >= 0.6 is 11.3 Å². The van der Waals surface area contributed by atoms with Gasteiger partial charge < -0.3 is 0 Å². The van der Waals surface area contributed by atoms with Gasteiger partial charge in [-0.3, -0.25) is 4.68 Å². The van der Waals surface area contributed by atoms with Crippen molar-refractivity contribution < 1.29 is 21.6 Å². The van der Waals surface area contributed by atoms with Gasteiger partial charge in [0.15, 0.2) is 10.0 Å². The summed E-state index contributed by atoms with van der Waals surface area (Å²) >= 11 is 0.731. The smallest absolute Gasteiger partial charge is 0.264 e. The number of nitrogens with one attached hydrogen (secondary N) is 1. The van der Waals surface area contributed by atoms with Crippen molar-refractivity contribution in [2.45, 2.75) is 49.1 Å². The Bertz CT molecular complexity index is 1220. The number of rotatable bonds is 8. The molecule has 160 valence electrons. The highest BCUT2D eigenvalue weighted by atomic mass is 32.2. The van der Waals surface area contributed by atoms with Crippen LogP contribution in [0, 0.1) is 5.92 Å². The Morgan fingerprint density at radius 1 is 1.27 bits per heavy atom. The van der Waals surface area contributed by atoms with E-state index in [9.17, 15) is 21.6 Å². The van der Waals surface area contributed by atoms with Crippen molar-refractivity contribution in [1.82, 2.24) is 24.7 Å². The van der Waals surface area contributed by atoms with Crippen molar-refractivity contribution in [2.24, 2.45) is 5.92 Å². The maximum atomic E-state index is 13.2. The van der Waals surface area contributed by atoms with Gasteiger partial charge in [0, 0.05) is 11.9 Å². The summed E-state index contributed by atoms with van der Waals surface area (Å²) in [5, 5.41) is 12.2. The molecule has 5 rings (SSSR count). The van der Waals surface area contributed by atoms with Crippen molar-refractivity contribution >= 4 is 32.3 Å². The molecule has 1 N–H and O–H groups in total. The molecule has 0 amide bonds. The number of fused-ring (bicyclic) bond motifs is 1. The normalized spacial score (nSPS) is 18.4. The number of hydrogen-bond donors (Lipinski definition) is 1. The monoisotopic (exact) mass is 457 g/mol. The second kappa shape index (κ2) is 6.99. The van der Waals surface area contributed by atoms with Gasteiger partial charge in [0.05, 0.1) is 16.0 Å². The highest BCUT2D eigenvalue weighted by Crippen LogP contribution is 2.39. The van der Waals surface area contributed by atoms with Gasteiger partial charge in [0.25, 0.3) is 6.43 Å². The molecule has 30 heavy (non-hydrogen) atoms. The minimum atomic E-state index is -3.95. The molecule has 2 fully saturated rings. The van der Waals surface area contributed by atoms with Crippen molar-refractivity contribution in [3.63, 3.8) is 0 Å². The van der Waals surface area contributed by atoms with Crippen molar-refractivity contribution in [3.05, 3.63) is 23.2 Å². The lowest BCUT2D eigenvalue weighted by atomic mass is 10.2. The van der Waals surface area contributed by atoms with Crippen LogP contribution in [0.5, 0.6) is 0 Å². The fraction of sp³-hybridized carbons (Fsp3) is 0.500. The molecular formula is C18H18F3N5O2S2. The van der Waals surface area contributed by atoms with Crippen molar-refractivity contribution in [2.75, 3.05) is 6.67 Å². The molecule has 12 heteroatoms. The fourth-order valence-corrected chi connectivity index (χ4v) is 5.51. The lowest BCUT2D eigenvalue weighted by molar-refractivity contribution is 0.150. The quantitative estimate of drug-likeness (QED) is 0.557. The molecule has 7 nitrogen and oxygen atoms in total. The first-order valence-corrected chi connectivity index (χ1v) is 11.8. The predicted octanol–water partition coefficient (Wildman–Crippen LogP) is 3.68. The van der Waals surface area contributed by atoms with Crippen LogP contribution in [0.25, 0.3) is 21.6 Å². The Morgan fingerprint density at radius 3 is 2.63 bits per heavy atom. The van der Waals surface area contributed by atoms with E-state index in [1.165, 1.54) is 12.1 Å². The van der Waals surface area contributed by atoms with E-state index in [0.29, 0.717) is 41.9 Å². The van der Waals surface area contributed by atoms with Crippen LogP contribution in [-0.4, -0.2) is 40.6 Å². The van der Waals surface area contributed by atoms with Gasteiger partial charge in [-0.2, -0.15) is 5.10 Å². The number of benzene rings is 1. The van der Waals surface area contributed by atoms with Crippen LogP contribution in [-0.2, 0) is 16.6 Å². The SMILES string of the molecule is O=S(=O)(NC1(CF)CC1)c1ccc2c(c1)c(-c1nnc(C(F)F)s1)nn2CC1CC1. The zero-order valence-corrected chi connectivity index (χ0v) is 17.3. The van der Waals surface area contributed by atoms with Crippen LogP contribution in [0.3, 0.4) is 0 Å². The lowest BCUT2D eigenvalue weighted by Crippen LogP contribution is -2.38. The van der Waals surface area contributed by atoms with Gasteiger partial charge in [-0.15, -0.1) is 10.2 Å². The van der Waals surface area contributed by atoms with Crippen LogP contribution in [0.2, 0.25) is 0 Å². The topological polar surface area (TPSA) is 89.8 Å². The molecule has 0 aliphatic heterocycles. The van der Waals surface area contributed by atoms with Gasteiger partial charge in [0.1, 0.15) is 12.4 Å². The van der Waals surface area contributed by atoms with Gasteiger partial charge >= 0.3 is 0 Å². The molecule has 2 aliphatic carbocycles. The van der Waals surface area contributed by atoms with E-state index in [4.69, 9.17) is 0 Å². The number of sulfonamides is 1. The van der Waals surface area contributed by atoms with Gasteiger partial charge in [0.2, 0.25) is 10.0 Å². The van der Waals surface area contributed by atoms with Crippen LogP contribution in [0.1, 0.15) is 37.1 Å². The largest absolute Gasteiger partial charge is 0.291 e. The van der Waals surface area contributed by atoms with Crippen LogP contribution < -0.4 is 4.72 Å². The van der Waals surface area contributed by atoms with Crippen molar-refractivity contribution in [3.8, 4) is 10.7 Å². The third-order valence-electron chi connectivity index (χ3n) is 5.45. The van der Waals surface area contributed by atoms with E-state index < -0.39 is 33.7 Å². The van der Waals surface area contributed by atoms with E-state index in [1.807, 2.05) is 0 Å².